The quantitative estimate of drug-likeness (QED) is 0.678. The van der Waals surface area contributed by atoms with Crippen molar-refractivity contribution in [3.05, 3.63) is 65.1 Å². The summed E-state index contributed by atoms with van der Waals surface area (Å²) in [5, 5.41) is 4.29. The van der Waals surface area contributed by atoms with Crippen LogP contribution in [0.2, 0.25) is 5.02 Å². The number of nitrogens with zero attached hydrogens (tertiary/aromatic N) is 3. The number of pyridine rings is 1. The van der Waals surface area contributed by atoms with Crippen LogP contribution in [0.1, 0.15) is 11.1 Å². The Labute approximate surface area is 142 Å². The molecule has 7 heteroatoms. The zero-order valence-corrected chi connectivity index (χ0v) is 13.5. The van der Waals surface area contributed by atoms with E-state index in [1.807, 2.05) is 25.3 Å². The lowest BCUT2D eigenvalue weighted by Gasteiger charge is -2.11. The predicted octanol–water partition coefficient (Wildman–Crippen LogP) is 4.56. The lowest BCUT2D eigenvalue weighted by Crippen LogP contribution is -2.03. The zero-order chi connectivity index (χ0) is 17.1. The van der Waals surface area contributed by atoms with Gasteiger partial charge in [0.15, 0.2) is 0 Å². The maximum atomic E-state index is 12.4. The molecule has 0 bridgehead atoms. The molecule has 0 atom stereocenters. The van der Waals surface area contributed by atoms with Gasteiger partial charge in [0.2, 0.25) is 0 Å². The molecule has 0 unspecified atom stereocenters. The van der Waals surface area contributed by atoms with Gasteiger partial charge in [-0.15, -0.1) is 0 Å². The minimum atomic E-state index is -2.93. The van der Waals surface area contributed by atoms with E-state index in [4.69, 9.17) is 11.6 Å². The molecule has 2 aromatic heterocycles. The van der Waals surface area contributed by atoms with Crippen LogP contribution < -0.4 is 4.74 Å². The summed E-state index contributed by atoms with van der Waals surface area (Å²) in [6, 6.07) is 8.56. The molecule has 0 spiro atoms. The van der Waals surface area contributed by atoms with E-state index < -0.39 is 6.61 Å². The van der Waals surface area contributed by atoms with Crippen LogP contribution >= 0.6 is 11.6 Å². The van der Waals surface area contributed by atoms with Gasteiger partial charge in [0.1, 0.15) is 5.75 Å². The number of aromatic nitrogens is 3. The molecule has 0 N–H and O–H groups in total. The van der Waals surface area contributed by atoms with Gasteiger partial charge < -0.3 is 4.74 Å². The fourth-order valence-corrected chi connectivity index (χ4v) is 2.60. The minimum Gasteiger partial charge on any atom is -0.433 e. The number of hydrogen-bond acceptors (Lipinski definition) is 3. The standard InChI is InChI=1S/C17H14ClF2N3O/c1-11-7-12(10-23-6-2-5-22-23)9-21-16(11)13-3-4-14(18)15(8-13)24-17(19)20/h2-9,17H,10H2,1H3. The maximum absolute atomic E-state index is 12.4. The summed E-state index contributed by atoms with van der Waals surface area (Å²) in [4.78, 5) is 4.45. The highest BCUT2D eigenvalue weighted by atomic mass is 35.5. The molecular formula is C17H14ClF2N3O. The molecule has 0 saturated heterocycles. The van der Waals surface area contributed by atoms with Crippen LogP contribution in [0.15, 0.2) is 48.9 Å². The number of benzene rings is 1. The monoisotopic (exact) mass is 349 g/mol. The highest BCUT2D eigenvalue weighted by molar-refractivity contribution is 6.32. The Bertz CT molecular complexity index is 838. The number of halogens is 3. The topological polar surface area (TPSA) is 39.9 Å². The summed E-state index contributed by atoms with van der Waals surface area (Å²) in [5.74, 6) is -0.0639. The van der Waals surface area contributed by atoms with Gasteiger partial charge >= 0.3 is 6.61 Å². The Hall–Kier alpha value is -2.47. The second-order valence-corrected chi connectivity index (χ2v) is 5.64. The van der Waals surface area contributed by atoms with E-state index in [-0.39, 0.29) is 10.8 Å². The fourth-order valence-electron chi connectivity index (χ4n) is 2.44. The SMILES string of the molecule is Cc1cc(Cn2cccn2)cnc1-c1ccc(Cl)c(OC(F)F)c1. The van der Waals surface area contributed by atoms with E-state index in [0.29, 0.717) is 17.8 Å². The van der Waals surface area contributed by atoms with E-state index in [1.165, 1.54) is 12.1 Å². The Morgan fingerprint density at radius 1 is 1.29 bits per heavy atom. The van der Waals surface area contributed by atoms with Gasteiger partial charge in [0, 0.05) is 24.2 Å². The Balaban J connectivity index is 1.89. The van der Waals surface area contributed by atoms with Gasteiger partial charge in [-0.05, 0) is 36.2 Å². The highest BCUT2D eigenvalue weighted by Gasteiger charge is 2.12. The third kappa shape index (κ3) is 3.71. The number of alkyl halides is 2. The van der Waals surface area contributed by atoms with Crippen molar-refractivity contribution in [1.82, 2.24) is 14.8 Å². The van der Waals surface area contributed by atoms with Crippen LogP contribution in [0.4, 0.5) is 8.78 Å². The average molecular weight is 350 g/mol. The lowest BCUT2D eigenvalue weighted by atomic mass is 10.0. The summed E-state index contributed by atoms with van der Waals surface area (Å²) in [5.41, 5.74) is 3.27. The highest BCUT2D eigenvalue weighted by Crippen LogP contribution is 2.32. The van der Waals surface area contributed by atoms with E-state index in [9.17, 15) is 8.78 Å². The Morgan fingerprint density at radius 3 is 2.79 bits per heavy atom. The van der Waals surface area contributed by atoms with Gasteiger partial charge in [-0.1, -0.05) is 23.7 Å². The van der Waals surface area contributed by atoms with E-state index in [0.717, 1.165) is 11.1 Å². The molecule has 0 saturated carbocycles. The number of rotatable bonds is 5. The van der Waals surface area contributed by atoms with Gasteiger partial charge in [0.25, 0.3) is 0 Å². The molecule has 24 heavy (non-hydrogen) atoms. The van der Waals surface area contributed by atoms with Crippen LogP contribution in [0, 0.1) is 6.92 Å². The molecule has 124 valence electrons. The molecule has 1 aromatic carbocycles. The molecule has 2 heterocycles. The first-order chi connectivity index (χ1) is 11.5. The predicted molar refractivity (Wildman–Crippen MR) is 87.4 cm³/mol. The summed E-state index contributed by atoms with van der Waals surface area (Å²) in [6.45, 7) is -0.401. The molecule has 3 aromatic rings. The van der Waals surface area contributed by atoms with E-state index >= 15 is 0 Å². The Kier molecular flexibility index (Phi) is 4.76. The van der Waals surface area contributed by atoms with Crippen molar-refractivity contribution in [3.63, 3.8) is 0 Å². The van der Waals surface area contributed by atoms with Crippen LogP contribution in [0.25, 0.3) is 11.3 Å². The van der Waals surface area contributed by atoms with Crippen LogP contribution in [-0.4, -0.2) is 21.4 Å². The Morgan fingerprint density at radius 2 is 2.12 bits per heavy atom. The van der Waals surface area contributed by atoms with Crippen molar-refractivity contribution in [2.24, 2.45) is 0 Å². The molecule has 0 aliphatic rings. The summed E-state index contributed by atoms with van der Waals surface area (Å²) in [6.07, 6.45) is 5.33. The number of hydrogen-bond donors (Lipinski definition) is 0. The fraction of sp³-hybridized carbons (Fsp3) is 0.176. The van der Waals surface area contributed by atoms with Crippen molar-refractivity contribution in [1.29, 1.82) is 0 Å². The smallest absolute Gasteiger partial charge is 0.387 e. The molecule has 4 nitrogen and oxygen atoms in total. The largest absolute Gasteiger partial charge is 0.433 e. The molecule has 0 radical (unpaired) electrons. The normalized spacial score (nSPS) is 11.0. The second kappa shape index (κ2) is 6.97. The van der Waals surface area contributed by atoms with Gasteiger partial charge in [-0.3, -0.25) is 9.67 Å². The summed E-state index contributed by atoms with van der Waals surface area (Å²) < 4.78 is 31.1. The minimum absolute atomic E-state index is 0.0639. The molecule has 3 rings (SSSR count). The summed E-state index contributed by atoms with van der Waals surface area (Å²) >= 11 is 5.88. The van der Waals surface area contributed by atoms with E-state index in [2.05, 4.69) is 14.8 Å². The molecule has 0 fully saturated rings. The first-order valence-corrected chi connectivity index (χ1v) is 7.58. The maximum Gasteiger partial charge on any atom is 0.387 e. The van der Waals surface area contributed by atoms with Crippen molar-refractivity contribution in [2.75, 3.05) is 0 Å². The molecule has 0 amide bonds. The van der Waals surface area contributed by atoms with Crippen LogP contribution in [-0.2, 0) is 6.54 Å². The van der Waals surface area contributed by atoms with Gasteiger partial charge in [-0.25, -0.2) is 0 Å². The van der Waals surface area contributed by atoms with Gasteiger partial charge in [-0.2, -0.15) is 13.9 Å². The third-order valence-electron chi connectivity index (χ3n) is 3.46. The number of ether oxygens (including phenoxy) is 1. The van der Waals surface area contributed by atoms with Crippen molar-refractivity contribution >= 4 is 11.6 Å². The van der Waals surface area contributed by atoms with Gasteiger partial charge in [0.05, 0.1) is 17.3 Å². The second-order valence-electron chi connectivity index (χ2n) is 5.24. The number of aryl methyl sites for hydroxylation is 1. The molecule has 0 aliphatic carbocycles. The van der Waals surface area contributed by atoms with E-state index in [1.54, 1.807) is 23.1 Å². The lowest BCUT2D eigenvalue weighted by molar-refractivity contribution is -0.0497. The van der Waals surface area contributed by atoms with Crippen molar-refractivity contribution in [2.45, 2.75) is 20.1 Å². The first-order valence-electron chi connectivity index (χ1n) is 7.20. The third-order valence-corrected chi connectivity index (χ3v) is 3.77. The van der Waals surface area contributed by atoms with Crippen LogP contribution in [0.5, 0.6) is 5.75 Å². The van der Waals surface area contributed by atoms with Crippen molar-refractivity contribution in [3.8, 4) is 17.0 Å². The first kappa shape index (κ1) is 16.4. The van der Waals surface area contributed by atoms with Crippen LogP contribution in [0.3, 0.4) is 0 Å². The summed E-state index contributed by atoms with van der Waals surface area (Å²) in [7, 11) is 0. The van der Waals surface area contributed by atoms with Crippen molar-refractivity contribution < 1.29 is 13.5 Å². The average Bonchev–Trinajstić information content (AvgIpc) is 3.02. The molecular weight excluding hydrogens is 336 g/mol. The molecule has 0 aliphatic heterocycles. The zero-order valence-electron chi connectivity index (χ0n) is 12.8.